The van der Waals surface area contributed by atoms with Crippen molar-refractivity contribution in [3.63, 3.8) is 0 Å². The Morgan fingerprint density at radius 1 is 1.15 bits per heavy atom. The molecule has 0 amide bonds. The monoisotopic (exact) mass is 176 g/mol. The fourth-order valence-corrected chi connectivity index (χ4v) is 2.05. The molecule has 2 nitrogen and oxygen atoms in total. The van der Waals surface area contributed by atoms with Crippen LogP contribution in [-0.2, 0) is 9.59 Å². The van der Waals surface area contributed by atoms with E-state index >= 15 is 0 Å². The molecule has 3 atom stereocenters. The Bertz CT molecular complexity index is 312. The minimum Gasteiger partial charge on any atom is -0.299 e. The maximum Gasteiger partial charge on any atom is 0.144 e. The van der Waals surface area contributed by atoms with Crippen molar-refractivity contribution in [2.75, 3.05) is 0 Å². The van der Waals surface area contributed by atoms with Crippen molar-refractivity contribution in [1.29, 1.82) is 0 Å². The van der Waals surface area contributed by atoms with Gasteiger partial charge in [0.25, 0.3) is 0 Å². The second-order valence-electron chi connectivity index (χ2n) is 3.80. The lowest BCUT2D eigenvalue weighted by atomic mass is 9.71. The summed E-state index contributed by atoms with van der Waals surface area (Å²) in [6.45, 7) is 1.84. The van der Waals surface area contributed by atoms with Crippen molar-refractivity contribution in [2.45, 2.75) is 13.3 Å². The number of fused-ring (bicyclic) bond motifs is 1. The van der Waals surface area contributed by atoms with E-state index in [1.165, 1.54) is 0 Å². The van der Waals surface area contributed by atoms with Crippen molar-refractivity contribution in [1.82, 2.24) is 0 Å². The number of Topliss-reactive ketones (excluding diaryl/α,β-unsaturated/α-hetero) is 2. The summed E-state index contributed by atoms with van der Waals surface area (Å²) < 4.78 is 0. The van der Waals surface area contributed by atoms with Crippen LogP contribution in [0.3, 0.4) is 0 Å². The van der Waals surface area contributed by atoms with E-state index in [-0.39, 0.29) is 29.3 Å². The van der Waals surface area contributed by atoms with Gasteiger partial charge in [0.2, 0.25) is 0 Å². The van der Waals surface area contributed by atoms with Gasteiger partial charge < -0.3 is 0 Å². The van der Waals surface area contributed by atoms with Crippen molar-refractivity contribution in [3.05, 3.63) is 24.3 Å². The number of allylic oxidation sites excluding steroid dienone is 4. The van der Waals surface area contributed by atoms with Crippen molar-refractivity contribution in [3.8, 4) is 0 Å². The first kappa shape index (κ1) is 8.42. The number of carbonyl (C=O) groups is 2. The van der Waals surface area contributed by atoms with Crippen LogP contribution in [0.1, 0.15) is 13.3 Å². The van der Waals surface area contributed by atoms with Crippen molar-refractivity contribution < 1.29 is 9.59 Å². The second-order valence-corrected chi connectivity index (χ2v) is 3.80. The van der Waals surface area contributed by atoms with Crippen LogP contribution in [-0.4, -0.2) is 11.6 Å². The highest BCUT2D eigenvalue weighted by Gasteiger charge is 2.39. The van der Waals surface area contributed by atoms with E-state index in [9.17, 15) is 9.59 Å². The molecule has 2 aliphatic rings. The molecular formula is C11H12O2. The summed E-state index contributed by atoms with van der Waals surface area (Å²) in [7, 11) is 0. The predicted octanol–water partition coefficient (Wildman–Crippen LogP) is 1.52. The van der Waals surface area contributed by atoms with E-state index in [2.05, 4.69) is 0 Å². The molecule has 1 fully saturated rings. The number of hydrogen-bond donors (Lipinski definition) is 0. The van der Waals surface area contributed by atoms with Gasteiger partial charge in [-0.3, -0.25) is 9.59 Å². The number of carbonyl (C=O) groups excluding carboxylic acids is 2. The second kappa shape index (κ2) is 2.95. The van der Waals surface area contributed by atoms with Gasteiger partial charge in [-0.2, -0.15) is 0 Å². The number of rotatable bonds is 0. The Kier molecular flexibility index (Phi) is 1.91. The zero-order chi connectivity index (χ0) is 9.42. The van der Waals surface area contributed by atoms with Crippen LogP contribution in [0.15, 0.2) is 24.3 Å². The lowest BCUT2D eigenvalue weighted by Crippen LogP contribution is -2.38. The summed E-state index contributed by atoms with van der Waals surface area (Å²) in [5.41, 5.74) is 0. The number of ketones is 2. The molecule has 0 aliphatic heterocycles. The normalized spacial score (nSPS) is 37.8. The summed E-state index contributed by atoms with van der Waals surface area (Å²) in [6, 6.07) is 0. The Labute approximate surface area is 77.3 Å². The SMILES string of the molecule is CC1CC(=O)C2C=CC=CC2C1=O. The summed E-state index contributed by atoms with van der Waals surface area (Å²) in [5, 5.41) is 0. The Balaban J connectivity index is 2.32. The standard InChI is InChI=1S/C11H12O2/c1-7-6-10(12)8-4-2-3-5-9(8)11(7)13/h2-5,7-9H,6H2,1H3. The Hall–Kier alpha value is -1.18. The van der Waals surface area contributed by atoms with Gasteiger partial charge in [-0.25, -0.2) is 0 Å². The smallest absolute Gasteiger partial charge is 0.144 e. The minimum atomic E-state index is -0.179. The molecule has 2 rings (SSSR count). The van der Waals surface area contributed by atoms with E-state index in [4.69, 9.17) is 0 Å². The highest BCUT2D eigenvalue weighted by atomic mass is 16.1. The van der Waals surface area contributed by atoms with Gasteiger partial charge in [0.1, 0.15) is 11.6 Å². The largest absolute Gasteiger partial charge is 0.299 e. The van der Waals surface area contributed by atoms with Gasteiger partial charge in [-0.1, -0.05) is 31.2 Å². The lowest BCUT2D eigenvalue weighted by Gasteiger charge is -2.30. The molecule has 0 radical (unpaired) electrons. The van der Waals surface area contributed by atoms with E-state index in [0.717, 1.165) is 0 Å². The molecule has 0 bridgehead atoms. The first-order valence-electron chi connectivity index (χ1n) is 4.61. The third-order valence-corrected chi connectivity index (χ3v) is 2.83. The van der Waals surface area contributed by atoms with Crippen molar-refractivity contribution >= 4 is 11.6 Å². The molecule has 68 valence electrons. The van der Waals surface area contributed by atoms with Crippen LogP contribution in [0.5, 0.6) is 0 Å². The summed E-state index contributed by atoms with van der Waals surface area (Å²) in [6.07, 6.45) is 7.81. The maximum atomic E-state index is 11.7. The molecule has 0 saturated heterocycles. The van der Waals surface area contributed by atoms with E-state index < -0.39 is 0 Å². The molecular weight excluding hydrogens is 164 g/mol. The fourth-order valence-electron chi connectivity index (χ4n) is 2.05. The van der Waals surface area contributed by atoms with E-state index in [1.807, 2.05) is 31.2 Å². The van der Waals surface area contributed by atoms with Crippen LogP contribution in [0.25, 0.3) is 0 Å². The first-order chi connectivity index (χ1) is 6.20. The average molecular weight is 176 g/mol. The van der Waals surface area contributed by atoms with E-state index in [0.29, 0.717) is 6.42 Å². The summed E-state index contributed by atoms with van der Waals surface area (Å²) >= 11 is 0. The van der Waals surface area contributed by atoms with Gasteiger partial charge in [-0.05, 0) is 0 Å². The molecule has 13 heavy (non-hydrogen) atoms. The fraction of sp³-hybridized carbons (Fsp3) is 0.455. The quantitative estimate of drug-likeness (QED) is 0.560. The predicted molar refractivity (Wildman–Crippen MR) is 49.1 cm³/mol. The van der Waals surface area contributed by atoms with E-state index in [1.54, 1.807) is 0 Å². The van der Waals surface area contributed by atoms with Crippen LogP contribution in [0.2, 0.25) is 0 Å². The molecule has 0 aromatic heterocycles. The molecule has 0 aromatic rings. The minimum absolute atomic E-state index is 0.0927. The summed E-state index contributed by atoms with van der Waals surface area (Å²) in [4.78, 5) is 23.2. The van der Waals surface area contributed by atoms with Crippen LogP contribution in [0.4, 0.5) is 0 Å². The topological polar surface area (TPSA) is 34.1 Å². The molecule has 0 spiro atoms. The summed E-state index contributed by atoms with van der Waals surface area (Å²) in [5.74, 6) is -0.0252. The van der Waals surface area contributed by atoms with Crippen LogP contribution in [0, 0.1) is 17.8 Å². The van der Waals surface area contributed by atoms with Gasteiger partial charge in [0, 0.05) is 24.2 Å². The zero-order valence-corrected chi connectivity index (χ0v) is 7.57. The van der Waals surface area contributed by atoms with Gasteiger partial charge in [-0.15, -0.1) is 0 Å². The highest BCUT2D eigenvalue weighted by Crippen LogP contribution is 2.32. The third kappa shape index (κ3) is 1.26. The lowest BCUT2D eigenvalue weighted by molar-refractivity contribution is -0.138. The molecule has 2 aliphatic carbocycles. The third-order valence-electron chi connectivity index (χ3n) is 2.83. The van der Waals surface area contributed by atoms with Crippen LogP contribution < -0.4 is 0 Å². The van der Waals surface area contributed by atoms with Crippen LogP contribution >= 0.6 is 0 Å². The molecule has 3 unspecified atom stereocenters. The van der Waals surface area contributed by atoms with Gasteiger partial charge in [0.05, 0.1) is 0 Å². The molecule has 2 heteroatoms. The molecule has 0 heterocycles. The highest BCUT2D eigenvalue weighted by molar-refractivity contribution is 6.00. The Morgan fingerprint density at radius 3 is 2.46 bits per heavy atom. The molecule has 0 aromatic carbocycles. The zero-order valence-electron chi connectivity index (χ0n) is 7.57. The molecule has 0 N–H and O–H groups in total. The average Bonchev–Trinajstić information content (AvgIpc) is 2.15. The van der Waals surface area contributed by atoms with Gasteiger partial charge in [0.15, 0.2) is 0 Å². The maximum absolute atomic E-state index is 11.7. The number of hydrogen-bond acceptors (Lipinski definition) is 2. The molecule has 1 saturated carbocycles. The first-order valence-corrected chi connectivity index (χ1v) is 4.61. The van der Waals surface area contributed by atoms with Crippen molar-refractivity contribution in [2.24, 2.45) is 17.8 Å². The van der Waals surface area contributed by atoms with Gasteiger partial charge >= 0.3 is 0 Å². The Morgan fingerprint density at radius 2 is 1.77 bits per heavy atom.